The van der Waals surface area contributed by atoms with Gasteiger partial charge in [0, 0.05) is 37.2 Å². The van der Waals surface area contributed by atoms with Crippen molar-refractivity contribution in [2.24, 2.45) is 0 Å². The number of carbonyl (C=O) groups is 1. The highest BCUT2D eigenvalue weighted by molar-refractivity contribution is 7.99. The Morgan fingerprint density at radius 2 is 2.31 bits per heavy atom. The molecule has 92 valence electrons. The number of carbonyl (C=O) groups excluding carboxylic acids is 1. The molecular weight excluding hydrogens is 222 g/mol. The first-order chi connectivity index (χ1) is 7.68. The fourth-order valence-corrected chi connectivity index (χ4v) is 3.23. The highest BCUT2D eigenvalue weighted by Gasteiger charge is 2.32. The molecule has 16 heavy (non-hydrogen) atoms. The van der Waals surface area contributed by atoms with Gasteiger partial charge in [0.05, 0.1) is 6.04 Å². The van der Waals surface area contributed by atoms with Crippen molar-refractivity contribution in [3.63, 3.8) is 0 Å². The van der Waals surface area contributed by atoms with E-state index in [0.717, 1.165) is 37.6 Å². The fraction of sp³-hybridized carbons (Fsp3) is 0.909. The molecule has 0 spiro atoms. The third kappa shape index (κ3) is 2.70. The van der Waals surface area contributed by atoms with Crippen LogP contribution in [0, 0.1) is 0 Å². The third-order valence-corrected chi connectivity index (χ3v) is 4.49. The van der Waals surface area contributed by atoms with Gasteiger partial charge in [-0.2, -0.15) is 11.8 Å². The van der Waals surface area contributed by atoms with Gasteiger partial charge in [0.2, 0.25) is 5.91 Å². The average Bonchev–Trinajstić information content (AvgIpc) is 2.78. The van der Waals surface area contributed by atoms with Crippen LogP contribution >= 0.6 is 11.8 Å². The van der Waals surface area contributed by atoms with Gasteiger partial charge in [-0.05, 0) is 20.5 Å². The Balaban J connectivity index is 1.86. The molecule has 2 heterocycles. The van der Waals surface area contributed by atoms with E-state index < -0.39 is 0 Å². The Morgan fingerprint density at radius 1 is 1.50 bits per heavy atom. The normalized spacial score (nSPS) is 31.1. The minimum Gasteiger partial charge on any atom is -0.340 e. The Kier molecular flexibility index (Phi) is 4.10. The van der Waals surface area contributed by atoms with E-state index in [1.807, 2.05) is 16.7 Å². The van der Waals surface area contributed by atoms with Gasteiger partial charge in [0.15, 0.2) is 0 Å². The van der Waals surface area contributed by atoms with Gasteiger partial charge in [0.25, 0.3) is 0 Å². The van der Waals surface area contributed by atoms with Gasteiger partial charge in [-0.25, -0.2) is 0 Å². The molecule has 2 fully saturated rings. The van der Waals surface area contributed by atoms with Crippen LogP contribution in [0.2, 0.25) is 0 Å². The lowest BCUT2D eigenvalue weighted by Gasteiger charge is -2.27. The summed E-state index contributed by atoms with van der Waals surface area (Å²) < 4.78 is 0. The number of likely N-dealkylation sites (tertiary alicyclic amines) is 1. The van der Waals surface area contributed by atoms with Crippen molar-refractivity contribution < 1.29 is 4.79 Å². The molecule has 2 aliphatic heterocycles. The molecule has 1 N–H and O–H groups in total. The molecule has 0 aromatic rings. The number of nitrogens with one attached hydrogen (secondary N) is 1. The van der Waals surface area contributed by atoms with Crippen molar-refractivity contribution in [1.82, 2.24) is 15.1 Å². The molecule has 4 nitrogen and oxygen atoms in total. The molecule has 0 radical (unpaired) electrons. The second kappa shape index (κ2) is 5.38. The van der Waals surface area contributed by atoms with Crippen molar-refractivity contribution in [3.8, 4) is 0 Å². The average molecular weight is 243 g/mol. The number of thioether (sulfide) groups is 1. The summed E-state index contributed by atoms with van der Waals surface area (Å²) >= 11 is 1.88. The van der Waals surface area contributed by atoms with Crippen LogP contribution < -0.4 is 5.32 Å². The number of hydrogen-bond donors (Lipinski definition) is 1. The van der Waals surface area contributed by atoms with Crippen molar-refractivity contribution in [3.05, 3.63) is 0 Å². The lowest BCUT2D eigenvalue weighted by atomic mass is 10.2. The van der Waals surface area contributed by atoms with Crippen LogP contribution in [0.4, 0.5) is 0 Å². The monoisotopic (exact) mass is 243 g/mol. The zero-order valence-corrected chi connectivity index (χ0v) is 10.9. The van der Waals surface area contributed by atoms with Gasteiger partial charge >= 0.3 is 0 Å². The van der Waals surface area contributed by atoms with Crippen molar-refractivity contribution in [2.75, 3.05) is 45.2 Å². The largest absolute Gasteiger partial charge is 0.340 e. The summed E-state index contributed by atoms with van der Waals surface area (Å²) in [5, 5.41) is 3.31. The molecule has 5 heteroatoms. The Bertz CT molecular complexity index is 254. The van der Waals surface area contributed by atoms with E-state index in [9.17, 15) is 4.79 Å². The summed E-state index contributed by atoms with van der Waals surface area (Å²) in [5.74, 6) is 2.36. The predicted molar refractivity (Wildman–Crippen MR) is 67.8 cm³/mol. The van der Waals surface area contributed by atoms with E-state index in [1.165, 1.54) is 0 Å². The molecule has 0 aliphatic carbocycles. The molecule has 0 saturated carbocycles. The summed E-state index contributed by atoms with van der Waals surface area (Å²) in [7, 11) is 4.18. The minimum atomic E-state index is 0.0552. The molecule has 0 bridgehead atoms. The molecule has 1 amide bonds. The van der Waals surface area contributed by atoms with E-state index in [0.29, 0.717) is 11.9 Å². The zero-order chi connectivity index (χ0) is 11.5. The number of likely N-dealkylation sites (N-methyl/N-ethyl adjacent to an activating group) is 1. The molecule has 2 atom stereocenters. The first kappa shape index (κ1) is 12.2. The minimum absolute atomic E-state index is 0.0552. The maximum Gasteiger partial charge on any atom is 0.240 e. The first-order valence-corrected chi connectivity index (χ1v) is 7.10. The van der Waals surface area contributed by atoms with Crippen LogP contribution in [0.15, 0.2) is 0 Å². The van der Waals surface area contributed by atoms with Gasteiger partial charge in [-0.15, -0.1) is 0 Å². The van der Waals surface area contributed by atoms with Crippen LogP contribution in [-0.4, -0.2) is 73.0 Å². The van der Waals surface area contributed by atoms with Gasteiger partial charge in [-0.1, -0.05) is 0 Å². The number of hydrogen-bond acceptors (Lipinski definition) is 4. The smallest absolute Gasteiger partial charge is 0.240 e. The van der Waals surface area contributed by atoms with Gasteiger partial charge in [0.1, 0.15) is 0 Å². The summed E-state index contributed by atoms with van der Waals surface area (Å²) in [6.45, 7) is 2.78. The van der Waals surface area contributed by atoms with Crippen LogP contribution in [0.25, 0.3) is 0 Å². The van der Waals surface area contributed by atoms with Crippen LogP contribution in [0.1, 0.15) is 6.42 Å². The Hall–Kier alpha value is -0.260. The summed E-state index contributed by atoms with van der Waals surface area (Å²) in [6, 6.07) is 0.597. The van der Waals surface area contributed by atoms with Crippen molar-refractivity contribution in [1.29, 1.82) is 0 Å². The maximum atomic E-state index is 12.2. The number of rotatable bonds is 2. The highest BCUT2D eigenvalue weighted by atomic mass is 32.2. The predicted octanol–water partition coefficient (Wildman–Crippen LogP) is -0.146. The van der Waals surface area contributed by atoms with Crippen LogP contribution in [-0.2, 0) is 4.79 Å². The number of nitrogens with zero attached hydrogens (tertiary/aromatic N) is 2. The van der Waals surface area contributed by atoms with Gasteiger partial charge in [-0.3, -0.25) is 4.79 Å². The molecule has 2 aliphatic rings. The second-order valence-corrected chi connectivity index (χ2v) is 5.92. The topological polar surface area (TPSA) is 35.6 Å². The van der Waals surface area contributed by atoms with E-state index in [2.05, 4.69) is 24.3 Å². The quantitative estimate of drug-likeness (QED) is 0.732. The van der Waals surface area contributed by atoms with Crippen LogP contribution in [0.3, 0.4) is 0 Å². The standard InChI is InChI=1S/C11H21N3OS/c1-13(2)9-3-5-14(7-9)11(15)10-8-16-6-4-12-10/h9-10,12H,3-8H2,1-2H3. The molecule has 0 aromatic heterocycles. The Labute approximate surface area is 102 Å². The van der Waals surface area contributed by atoms with Gasteiger partial charge < -0.3 is 15.1 Å². The van der Waals surface area contributed by atoms with E-state index >= 15 is 0 Å². The maximum absolute atomic E-state index is 12.2. The lowest BCUT2D eigenvalue weighted by Crippen LogP contribution is -2.50. The van der Waals surface area contributed by atoms with Crippen molar-refractivity contribution >= 4 is 17.7 Å². The Morgan fingerprint density at radius 3 is 2.88 bits per heavy atom. The highest BCUT2D eigenvalue weighted by Crippen LogP contribution is 2.16. The SMILES string of the molecule is CN(C)C1CCN(C(=O)C2CSCCN2)C1. The van der Waals surface area contributed by atoms with E-state index in [-0.39, 0.29) is 6.04 Å². The zero-order valence-electron chi connectivity index (χ0n) is 10.1. The molecule has 2 saturated heterocycles. The molecule has 2 rings (SSSR count). The number of amides is 1. The van der Waals surface area contributed by atoms with E-state index in [1.54, 1.807) is 0 Å². The van der Waals surface area contributed by atoms with E-state index in [4.69, 9.17) is 0 Å². The summed E-state index contributed by atoms with van der Waals surface area (Å²) in [6.07, 6.45) is 1.11. The lowest BCUT2D eigenvalue weighted by molar-refractivity contribution is -0.132. The first-order valence-electron chi connectivity index (χ1n) is 5.95. The fourth-order valence-electron chi connectivity index (χ4n) is 2.31. The molecule has 0 aromatic carbocycles. The second-order valence-electron chi connectivity index (χ2n) is 4.77. The summed E-state index contributed by atoms with van der Waals surface area (Å²) in [5.41, 5.74) is 0. The molecular formula is C11H21N3OS. The van der Waals surface area contributed by atoms with Crippen LogP contribution in [0.5, 0.6) is 0 Å². The molecule has 2 unspecified atom stereocenters. The third-order valence-electron chi connectivity index (χ3n) is 3.43. The summed E-state index contributed by atoms with van der Waals surface area (Å²) in [4.78, 5) is 16.4. The van der Waals surface area contributed by atoms with Crippen molar-refractivity contribution in [2.45, 2.75) is 18.5 Å².